The van der Waals surface area contributed by atoms with Gasteiger partial charge in [-0.25, -0.2) is 0 Å². The molecule has 0 aliphatic rings. The fourth-order valence-corrected chi connectivity index (χ4v) is 3.07. The quantitative estimate of drug-likeness (QED) is 0.482. The van der Waals surface area contributed by atoms with Crippen LogP contribution in [0.4, 0.5) is 17.3 Å². The van der Waals surface area contributed by atoms with Crippen LogP contribution in [0.2, 0.25) is 0 Å². The molecule has 3 N–H and O–H groups in total. The third kappa shape index (κ3) is 3.86. The van der Waals surface area contributed by atoms with E-state index in [0.29, 0.717) is 11.6 Å². The summed E-state index contributed by atoms with van der Waals surface area (Å²) in [5.41, 5.74) is 5.37. The minimum atomic E-state index is -0.131. The molecule has 0 bridgehead atoms. The molecule has 0 fully saturated rings. The zero-order chi connectivity index (χ0) is 19.5. The molecule has 0 spiro atoms. The van der Waals surface area contributed by atoms with Crippen LogP contribution < -0.4 is 10.6 Å². The first-order chi connectivity index (χ1) is 13.6. The van der Waals surface area contributed by atoms with Crippen LogP contribution in [0.25, 0.3) is 10.9 Å². The molecule has 6 heteroatoms. The van der Waals surface area contributed by atoms with E-state index in [9.17, 15) is 4.79 Å². The average molecular weight is 371 g/mol. The van der Waals surface area contributed by atoms with Crippen molar-refractivity contribution in [3.63, 3.8) is 0 Å². The van der Waals surface area contributed by atoms with E-state index in [1.807, 2.05) is 36.5 Å². The summed E-state index contributed by atoms with van der Waals surface area (Å²) in [6, 6.07) is 17.6. The van der Waals surface area contributed by atoms with Crippen LogP contribution in [0.1, 0.15) is 16.7 Å². The number of nitrogens with zero attached hydrogens (tertiary/aromatic N) is 2. The van der Waals surface area contributed by atoms with Crippen LogP contribution in [0.5, 0.6) is 0 Å². The van der Waals surface area contributed by atoms with E-state index in [1.165, 1.54) is 11.1 Å². The highest BCUT2D eigenvalue weighted by Gasteiger charge is 2.10. The number of aryl methyl sites for hydroxylation is 2. The van der Waals surface area contributed by atoms with Gasteiger partial charge in [0.15, 0.2) is 11.6 Å². The zero-order valence-electron chi connectivity index (χ0n) is 15.8. The van der Waals surface area contributed by atoms with Crippen LogP contribution in [-0.4, -0.2) is 21.1 Å². The van der Waals surface area contributed by atoms with E-state index < -0.39 is 0 Å². The number of nitrogens with one attached hydrogen (secondary N) is 3. The molecule has 2 aromatic heterocycles. The van der Waals surface area contributed by atoms with E-state index in [1.54, 1.807) is 12.1 Å². The fourth-order valence-electron chi connectivity index (χ4n) is 3.07. The minimum absolute atomic E-state index is 0.131. The Hall–Kier alpha value is -3.67. The van der Waals surface area contributed by atoms with Gasteiger partial charge >= 0.3 is 0 Å². The molecule has 0 radical (unpaired) electrons. The Labute approximate surface area is 163 Å². The Balaban J connectivity index is 1.39. The second-order valence-electron chi connectivity index (χ2n) is 6.81. The van der Waals surface area contributed by atoms with Gasteiger partial charge in [0.2, 0.25) is 5.91 Å². The summed E-state index contributed by atoms with van der Waals surface area (Å²) in [5, 5.41) is 15.3. The van der Waals surface area contributed by atoms with Crippen LogP contribution in [0, 0.1) is 13.8 Å². The minimum Gasteiger partial charge on any atom is -0.361 e. The molecule has 4 aromatic rings. The Morgan fingerprint density at radius 3 is 2.54 bits per heavy atom. The van der Waals surface area contributed by atoms with Crippen LogP contribution >= 0.6 is 0 Å². The second-order valence-corrected chi connectivity index (χ2v) is 6.81. The molecule has 1 amide bonds. The van der Waals surface area contributed by atoms with Crippen molar-refractivity contribution in [2.75, 3.05) is 10.6 Å². The van der Waals surface area contributed by atoms with E-state index in [0.717, 1.165) is 22.2 Å². The number of hydrogen-bond acceptors (Lipinski definition) is 4. The lowest BCUT2D eigenvalue weighted by atomic mass is 10.1. The SMILES string of the molecule is Cc1ccc(Nc2ccc(NC(=O)Cc3c[nH]c4ccccc34)nn2)cc1C. The largest absolute Gasteiger partial charge is 0.361 e. The summed E-state index contributed by atoms with van der Waals surface area (Å²) in [6.45, 7) is 4.14. The van der Waals surface area contributed by atoms with Gasteiger partial charge in [-0.1, -0.05) is 24.3 Å². The topological polar surface area (TPSA) is 82.7 Å². The Bertz CT molecular complexity index is 1130. The van der Waals surface area contributed by atoms with Crippen molar-refractivity contribution < 1.29 is 4.79 Å². The van der Waals surface area contributed by atoms with Crippen LogP contribution in [-0.2, 0) is 11.2 Å². The number of anilines is 3. The highest BCUT2D eigenvalue weighted by molar-refractivity contribution is 5.95. The van der Waals surface area contributed by atoms with E-state index >= 15 is 0 Å². The maximum Gasteiger partial charge on any atom is 0.230 e. The Kier molecular flexibility index (Phi) is 4.76. The number of hydrogen-bond donors (Lipinski definition) is 3. The molecule has 0 unspecified atom stereocenters. The molecule has 2 aromatic carbocycles. The number of carbonyl (C=O) groups is 1. The lowest BCUT2D eigenvalue weighted by Gasteiger charge is -2.08. The fraction of sp³-hybridized carbons (Fsp3) is 0.136. The number of carbonyl (C=O) groups excluding carboxylic acids is 1. The highest BCUT2D eigenvalue weighted by atomic mass is 16.1. The first kappa shape index (κ1) is 17.7. The first-order valence-electron chi connectivity index (χ1n) is 9.11. The van der Waals surface area contributed by atoms with Crippen LogP contribution in [0.3, 0.4) is 0 Å². The predicted molar refractivity (Wildman–Crippen MR) is 112 cm³/mol. The van der Waals surface area contributed by atoms with Gasteiger partial charge in [-0.2, -0.15) is 0 Å². The third-order valence-corrected chi connectivity index (χ3v) is 4.74. The van der Waals surface area contributed by atoms with Crippen molar-refractivity contribution in [3.8, 4) is 0 Å². The van der Waals surface area contributed by atoms with E-state index in [-0.39, 0.29) is 12.3 Å². The van der Waals surface area contributed by atoms with Crippen molar-refractivity contribution >= 4 is 34.1 Å². The number of benzene rings is 2. The molecule has 2 heterocycles. The monoisotopic (exact) mass is 371 g/mol. The predicted octanol–water partition coefficient (Wildman–Crippen LogP) is 4.50. The second kappa shape index (κ2) is 7.52. The molecular formula is C22H21N5O. The maximum atomic E-state index is 12.4. The van der Waals surface area contributed by atoms with E-state index in [2.05, 4.69) is 51.8 Å². The standard InChI is InChI=1S/C22H21N5O/c1-14-7-8-17(11-15(14)2)24-20-9-10-21(27-26-20)25-22(28)12-16-13-23-19-6-4-3-5-18(16)19/h3-11,13,23H,12H2,1-2H3,(H,24,26)(H,25,27,28). The van der Waals surface area contributed by atoms with Gasteiger partial charge in [0.1, 0.15) is 0 Å². The van der Waals surface area contributed by atoms with Gasteiger partial charge in [0.25, 0.3) is 0 Å². The van der Waals surface area contributed by atoms with Crippen LogP contribution in [0.15, 0.2) is 60.8 Å². The number of rotatable bonds is 5. The smallest absolute Gasteiger partial charge is 0.230 e. The van der Waals surface area contributed by atoms with Gasteiger partial charge in [0.05, 0.1) is 6.42 Å². The maximum absolute atomic E-state index is 12.4. The normalized spacial score (nSPS) is 10.8. The number of amides is 1. The lowest BCUT2D eigenvalue weighted by Crippen LogP contribution is -2.15. The number of aromatic amines is 1. The van der Waals surface area contributed by atoms with Crippen molar-refractivity contribution in [3.05, 3.63) is 77.5 Å². The molecule has 0 saturated carbocycles. The van der Waals surface area contributed by atoms with Gasteiger partial charge in [-0.3, -0.25) is 4.79 Å². The third-order valence-electron chi connectivity index (χ3n) is 4.74. The molecule has 4 rings (SSSR count). The Morgan fingerprint density at radius 1 is 0.964 bits per heavy atom. The first-order valence-corrected chi connectivity index (χ1v) is 9.11. The lowest BCUT2D eigenvalue weighted by molar-refractivity contribution is -0.115. The molecule has 0 atom stereocenters. The molecule has 0 aliphatic heterocycles. The molecular weight excluding hydrogens is 350 g/mol. The summed E-state index contributed by atoms with van der Waals surface area (Å²) in [4.78, 5) is 15.5. The summed E-state index contributed by atoms with van der Waals surface area (Å²) in [5.74, 6) is 0.919. The molecule has 28 heavy (non-hydrogen) atoms. The number of fused-ring (bicyclic) bond motifs is 1. The van der Waals surface area contributed by atoms with Crippen molar-refractivity contribution in [1.29, 1.82) is 0 Å². The van der Waals surface area contributed by atoms with Gasteiger partial charge in [-0.05, 0) is 60.9 Å². The number of H-pyrrole nitrogens is 1. The van der Waals surface area contributed by atoms with Crippen molar-refractivity contribution in [2.45, 2.75) is 20.3 Å². The summed E-state index contributed by atoms with van der Waals surface area (Å²) >= 11 is 0. The highest BCUT2D eigenvalue weighted by Crippen LogP contribution is 2.20. The number of para-hydroxylation sites is 1. The zero-order valence-corrected chi connectivity index (χ0v) is 15.8. The molecule has 0 saturated heterocycles. The summed E-state index contributed by atoms with van der Waals surface area (Å²) in [7, 11) is 0. The Morgan fingerprint density at radius 2 is 1.75 bits per heavy atom. The number of aromatic nitrogens is 3. The van der Waals surface area contributed by atoms with Gasteiger partial charge < -0.3 is 15.6 Å². The molecule has 0 aliphatic carbocycles. The van der Waals surface area contributed by atoms with Gasteiger partial charge in [0, 0.05) is 22.8 Å². The molecule has 6 nitrogen and oxygen atoms in total. The summed E-state index contributed by atoms with van der Waals surface area (Å²) in [6.07, 6.45) is 2.14. The van der Waals surface area contributed by atoms with Gasteiger partial charge in [-0.15, -0.1) is 10.2 Å². The van der Waals surface area contributed by atoms with Crippen molar-refractivity contribution in [2.24, 2.45) is 0 Å². The summed E-state index contributed by atoms with van der Waals surface area (Å²) < 4.78 is 0. The van der Waals surface area contributed by atoms with Crippen molar-refractivity contribution in [1.82, 2.24) is 15.2 Å². The molecule has 140 valence electrons. The van der Waals surface area contributed by atoms with E-state index in [4.69, 9.17) is 0 Å². The average Bonchev–Trinajstić information content (AvgIpc) is 3.09.